The molecule has 1 saturated heterocycles. The van der Waals surface area contributed by atoms with Gasteiger partial charge in [0, 0.05) is 31.0 Å². The first-order valence-corrected chi connectivity index (χ1v) is 8.25. The van der Waals surface area contributed by atoms with Crippen LogP contribution in [0, 0.1) is 0 Å². The zero-order chi connectivity index (χ0) is 16.2. The van der Waals surface area contributed by atoms with Crippen LogP contribution in [0.3, 0.4) is 0 Å². The van der Waals surface area contributed by atoms with Gasteiger partial charge in [-0.05, 0) is 19.1 Å². The Hall–Kier alpha value is -1.24. The summed E-state index contributed by atoms with van der Waals surface area (Å²) >= 11 is 7.39. The number of carboxylic acids is 1. The molecular weight excluding hydrogens is 326 g/mol. The van der Waals surface area contributed by atoms with Crippen molar-refractivity contribution in [1.82, 2.24) is 5.32 Å². The number of hydrogen-bond acceptors (Lipinski definition) is 4. The van der Waals surface area contributed by atoms with Gasteiger partial charge in [-0.25, -0.2) is 4.79 Å². The summed E-state index contributed by atoms with van der Waals surface area (Å²) in [5.74, 6) is -1.33. The minimum absolute atomic E-state index is 0.275. The fourth-order valence-electron chi connectivity index (χ4n) is 2.23. The van der Waals surface area contributed by atoms with E-state index < -0.39 is 16.8 Å². The molecule has 5 nitrogen and oxygen atoms in total. The molecule has 0 bridgehead atoms. The van der Waals surface area contributed by atoms with Crippen molar-refractivity contribution in [3.8, 4) is 0 Å². The first-order chi connectivity index (χ1) is 10.4. The number of thioether (sulfide) groups is 1. The number of halogens is 1. The third-order valence-electron chi connectivity index (χ3n) is 3.63. The van der Waals surface area contributed by atoms with E-state index in [1.807, 2.05) is 18.2 Å². The smallest absolute Gasteiger partial charge is 0.329 e. The molecule has 1 aromatic carbocycles. The van der Waals surface area contributed by atoms with Gasteiger partial charge in [0.15, 0.2) is 0 Å². The van der Waals surface area contributed by atoms with Crippen LogP contribution in [0.4, 0.5) is 0 Å². The van der Waals surface area contributed by atoms with E-state index in [-0.39, 0.29) is 18.7 Å². The van der Waals surface area contributed by atoms with Gasteiger partial charge in [0.05, 0.1) is 10.3 Å². The van der Waals surface area contributed by atoms with Gasteiger partial charge in [-0.15, -0.1) is 11.8 Å². The lowest BCUT2D eigenvalue weighted by atomic mass is 9.90. The molecule has 1 amide bonds. The maximum atomic E-state index is 12.4. The number of rotatable bonds is 5. The maximum Gasteiger partial charge on any atom is 0.329 e. The molecule has 1 aliphatic rings. The second-order valence-electron chi connectivity index (χ2n) is 5.18. The predicted octanol–water partition coefficient (Wildman–Crippen LogP) is 2.57. The Balaban J connectivity index is 2.04. The standard InChI is InChI=1S/C15H18ClNO4S/c1-10(22-12-5-3-2-4-11(12)16)13(18)17-15(14(19)20)6-8-21-9-7-15/h2-5,10H,6-9H2,1H3,(H,17,18)(H,19,20). The Bertz CT molecular complexity index is 560. The molecule has 0 aromatic heterocycles. The largest absolute Gasteiger partial charge is 0.480 e. The highest BCUT2D eigenvalue weighted by atomic mass is 35.5. The second-order valence-corrected chi connectivity index (χ2v) is 6.97. The number of hydrogen-bond donors (Lipinski definition) is 2. The Labute approximate surface area is 138 Å². The van der Waals surface area contributed by atoms with Gasteiger partial charge in [-0.2, -0.15) is 0 Å². The SMILES string of the molecule is CC(Sc1ccccc1Cl)C(=O)NC1(C(=O)O)CCOCC1. The number of benzene rings is 1. The lowest BCUT2D eigenvalue weighted by molar-refractivity contribution is -0.152. The zero-order valence-corrected chi connectivity index (χ0v) is 13.7. The highest BCUT2D eigenvalue weighted by molar-refractivity contribution is 8.00. The van der Waals surface area contributed by atoms with Crippen LogP contribution >= 0.6 is 23.4 Å². The zero-order valence-electron chi connectivity index (χ0n) is 12.2. The van der Waals surface area contributed by atoms with Gasteiger partial charge in [-0.3, -0.25) is 4.79 Å². The van der Waals surface area contributed by atoms with Crippen LogP contribution in [-0.2, 0) is 14.3 Å². The number of nitrogens with one attached hydrogen (secondary N) is 1. The highest BCUT2D eigenvalue weighted by Crippen LogP contribution is 2.31. The van der Waals surface area contributed by atoms with Crippen molar-refractivity contribution in [2.75, 3.05) is 13.2 Å². The quantitative estimate of drug-likeness (QED) is 0.804. The molecule has 1 fully saturated rings. The van der Waals surface area contributed by atoms with E-state index >= 15 is 0 Å². The van der Waals surface area contributed by atoms with E-state index in [0.717, 1.165) is 4.90 Å². The molecular formula is C15H18ClNO4S. The lowest BCUT2D eigenvalue weighted by Crippen LogP contribution is -2.58. The summed E-state index contributed by atoms with van der Waals surface area (Å²) in [5, 5.41) is 12.3. The van der Waals surface area contributed by atoms with Gasteiger partial charge in [0.1, 0.15) is 5.54 Å². The molecule has 1 unspecified atom stereocenters. The maximum absolute atomic E-state index is 12.4. The molecule has 0 spiro atoms. The molecule has 120 valence electrons. The first-order valence-electron chi connectivity index (χ1n) is 6.99. The molecule has 0 radical (unpaired) electrons. The van der Waals surface area contributed by atoms with Crippen molar-refractivity contribution in [3.05, 3.63) is 29.3 Å². The predicted molar refractivity (Wildman–Crippen MR) is 85.3 cm³/mol. The fourth-order valence-corrected chi connectivity index (χ4v) is 3.39. The Morgan fingerprint density at radius 2 is 2.00 bits per heavy atom. The molecule has 1 heterocycles. The number of carbonyl (C=O) groups excluding carboxylic acids is 1. The number of amides is 1. The van der Waals surface area contributed by atoms with Crippen molar-refractivity contribution in [3.63, 3.8) is 0 Å². The minimum Gasteiger partial charge on any atom is -0.480 e. The first kappa shape index (κ1) is 17.1. The summed E-state index contributed by atoms with van der Waals surface area (Å²) in [7, 11) is 0. The van der Waals surface area contributed by atoms with E-state index in [1.165, 1.54) is 11.8 Å². The van der Waals surface area contributed by atoms with Crippen molar-refractivity contribution < 1.29 is 19.4 Å². The Morgan fingerprint density at radius 3 is 2.59 bits per heavy atom. The van der Waals surface area contributed by atoms with E-state index in [1.54, 1.807) is 13.0 Å². The molecule has 0 aliphatic carbocycles. The highest BCUT2D eigenvalue weighted by Gasteiger charge is 2.42. The van der Waals surface area contributed by atoms with Crippen LogP contribution in [0.5, 0.6) is 0 Å². The summed E-state index contributed by atoms with van der Waals surface area (Å²) in [5.41, 5.74) is -1.23. The summed E-state index contributed by atoms with van der Waals surface area (Å²) in [4.78, 5) is 24.7. The van der Waals surface area contributed by atoms with Crippen LogP contribution in [-0.4, -0.2) is 41.0 Å². The fraction of sp³-hybridized carbons (Fsp3) is 0.467. The topological polar surface area (TPSA) is 75.6 Å². The second kappa shape index (κ2) is 7.35. The molecule has 2 N–H and O–H groups in total. The summed E-state index contributed by atoms with van der Waals surface area (Å²) in [6, 6.07) is 7.25. The normalized spacial score (nSPS) is 18.5. The summed E-state index contributed by atoms with van der Waals surface area (Å²) in [6.07, 6.45) is 0.551. The van der Waals surface area contributed by atoms with Gasteiger partial charge in [-0.1, -0.05) is 23.7 Å². The summed E-state index contributed by atoms with van der Waals surface area (Å²) < 4.78 is 5.19. The van der Waals surface area contributed by atoms with Crippen LogP contribution in [0.25, 0.3) is 0 Å². The van der Waals surface area contributed by atoms with E-state index in [0.29, 0.717) is 18.2 Å². The number of carbonyl (C=O) groups is 2. The third-order valence-corrected chi connectivity index (χ3v) is 5.25. The van der Waals surface area contributed by atoms with E-state index in [2.05, 4.69) is 5.32 Å². The lowest BCUT2D eigenvalue weighted by Gasteiger charge is -2.34. The average Bonchev–Trinajstić information content (AvgIpc) is 2.50. The van der Waals surface area contributed by atoms with Crippen LogP contribution in [0.1, 0.15) is 19.8 Å². The summed E-state index contributed by atoms with van der Waals surface area (Å²) in [6.45, 7) is 2.40. The Morgan fingerprint density at radius 1 is 1.36 bits per heavy atom. The number of carboxylic acid groups (broad SMARTS) is 1. The van der Waals surface area contributed by atoms with Crippen molar-refractivity contribution >= 4 is 35.2 Å². The minimum atomic E-state index is -1.23. The van der Waals surface area contributed by atoms with E-state index in [9.17, 15) is 14.7 Å². The number of aliphatic carboxylic acids is 1. The van der Waals surface area contributed by atoms with Gasteiger partial charge in [0.25, 0.3) is 0 Å². The average molecular weight is 344 g/mol. The van der Waals surface area contributed by atoms with Crippen molar-refractivity contribution in [1.29, 1.82) is 0 Å². The molecule has 2 rings (SSSR count). The number of ether oxygens (including phenoxy) is 1. The van der Waals surface area contributed by atoms with Crippen LogP contribution in [0.2, 0.25) is 5.02 Å². The third kappa shape index (κ3) is 3.94. The van der Waals surface area contributed by atoms with Gasteiger partial charge in [0.2, 0.25) is 5.91 Å². The van der Waals surface area contributed by atoms with Crippen molar-refractivity contribution in [2.45, 2.75) is 35.4 Å². The van der Waals surface area contributed by atoms with Gasteiger partial charge < -0.3 is 15.2 Å². The molecule has 0 saturated carbocycles. The van der Waals surface area contributed by atoms with E-state index in [4.69, 9.17) is 16.3 Å². The molecule has 22 heavy (non-hydrogen) atoms. The molecule has 1 atom stereocenters. The monoisotopic (exact) mass is 343 g/mol. The van der Waals surface area contributed by atoms with Crippen LogP contribution < -0.4 is 5.32 Å². The van der Waals surface area contributed by atoms with Crippen molar-refractivity contribution in [2.24, 2.45) is 0 Å². The Kier molecular flexibility index (Phi) is 5.72. The van der Waals surface area contributed by atoms with Crippen LogP contribution in [0.15, 0.2) is 29.2 Å². The molecule has 1 aromatic rings. The molecule has 1 aliphatic heterocycles. The molecule has 7 heteroatoms. The van der Waals surface area contributed by atoms with Gasteiger partial charge >= 0.3 is 5.97 Å².